The Kier molecular flexibility index (Phi) is 6.82. The average Bonchev–Trinajstić information content (AvgIpc) is 3.33. The topological polar surface area (TPSA) is 76.7 Å². The number of amides is 2. The van der Waals surface area contributed by atoms with Crippen LogP contribution in [0.5, 0.6) is 0 Å². The molecule has 0 spiro atoms. The maximum atomic E-state index is 12.2. The van der Waals surface area contributed by atoms with E-state index in [2.05, 4.69) is 10.6 Å². The van der Waals surface area contributed by atoms with Crippen molar-refractivity contribution in [1.82, 2.24) is 5.32 Å². The summed E-state index contributed by atoms with van der Waals surface area (Å²) in [5, 5.41) is 5.49. The molecule has 1 saturated carbocycles. The van der Waals surface area contributed by atoms with Crippen molar-refractivity contribution in [1.29, 1.82) is 0 Å². The van der Waals surface area contributed by atoms with Crippen LogP contribution in [0, 0.1) is 5.92 Å². The Balaban J connectivity index is 1.72. The molecule has 6 nitrogen and oxygen atoms in total. The van der Waals surface area contributed by atoms with E-state index in [1.54, 1.807) is 45.0 Å². The molecule has 2 rings (SSSR count). The van der Waals surface area contributed by atoms with E-state index in [1.807, 2.05) is 0 Å². The number of benzene rings is 1. The van der Waals surface area contributed by atoms with Crippen LogP contribution in [0.25, 0.3) is 0 Å². The molecule has 0 atom stereocenters. The van der Waals surface area contributed by atoms with Gasteiger partial charge in [-0.3, -0.25) is 10.1 Å². The van der Waals surface area contributed by atoms with Crippen LogP contribution in [0.15, 0.2) is 24.3 Å². The smallest absolute Gasteiger partial charge is 0.412 e. The molecule has 0 bridgehead atoms. The summed E-state index contributed by atoms with van der Waals surface area (Å²) in [6.45, 7) is 7.46. The molecule has 1 aliphatic carbocycles. The molecule has 138 valence electrons. The second-order valence-electron chi connectivity index (χ2n) is 7.34. The molecule has 0 aromatic heterocycles. The highest BCUT2D eigenvalue weighted by Gasteiger charge is 2.20. The van der Waals surface area contributed by atoms with Crippen molar-refractivity contribution < 1.29 is 19.1 Å². The fourth-order valence-corrected chi connectivity index (χ4v) is 2.17. The highest BCUT2D eigenvalue weighted by molar-refractivity contribution is 5.96. The van der Waals surface area contributed by atoms with Crippen LogP contribution in [0.4, 0.5) is 10.5 Å². The largest absolute Gasteiger partial charge is 0.444 e. The van der Waals surface area contributed by atoms with Crippen LogP contribution in [-0.2, 0) is 9.47 Å². The second-order valence-corrected chi connectivity index (χ2v) is 7.34. The number of nitrogens with one attached hydrogen (secondary N) is 2. The second kappa shape index (κ2) is 8.85. The molecule has 1 aromatic carbocycles. The van der Waals surface area contributed by atoms with E-state index in [0.717, 1.165) is 18.9 Å². The van der Waals surface area contributed by atoms with Crippen LogP contribution in [0.3, 0.4) is 0 Å². The van der Waals surface area contributed by atoms with Gasteiger partial charge in [-0.15, -0.1) is 0 Å². The van der Waals surface area contributed by atoms with Crippen LogP contribution in [-0.4, -0.2) is 37.4 Å². The maximum absolute atomic E-state index is 12.2. The predicted molar refractivity (Wildman–Crippen MR) is 96.8 cm³/mol. The lowest BCUT2D eigenvalue weighted by atomic mass is 10.2. The Labute approximate surface area is 149 Å². The number of ether oxygens (including phenoxy) is 2. The summed E-state index contributed by atoms with van der Waals surface area (Å²) >= 11 is 0. The third kappa shape index (κ3) is 8.03. The first-order valence-electron chi connectivity index (χ1n) is 8.79. The van der Waals surface area contributed by atoms with Crippen LogP contribution in [0.1, 0.15) is 50.4 Å². The summed E-state index contributed by atoms with van der Waals surface area (Å²) in [6.07, 6.45) is 2.81. The van der Waals surface area contributed by atoms with Gasteiger partial charge in [-0.1, -0.05) is 6.07 Å². The Hall–Kier alpha value is -2.08. The predicted octanol–water partition coefficient (Wildman–Crippen LogP) is 3.58. The number of hydrogen-bond acceptors (Lipinski definition) is 4. The molecule has 1 fully saturated rings. The zero-order valence-corrected chi connectivity index (χ0v) is 15.3. The molecular weight excluding hydrogens is 320 g/mol. The molecule has 25 heavy (non-hydrogen) atoms. The molecule has 1 aliphatic rings. The van der Waals surface area contributed by atoms with Gasteiger partial charge in [0.15, 0.2) is 0 Å². The van der Waals surface area contributed by atoms with E-state index >= 15 is 0 Å². The maximum Gasteiger partial charge on any atom is 0.412 e. The molecule has 0 heterocycles. The first kappa shape index (κ1) is 19.2. The van der Waals surface area contributed by atoms with E-state index in [1.165, 1.54) is 12.8 Å². The number of rotatable bonds is 8. The quantitative estimate of drug-likeness (QED) is 0.704. The van der Waals surface area contributed by atoms with Crippen molar-refractivity contribution >= 4 is 17.7 Å². The number of carbonyl (C=O) groups excluding carboxylic acids is 2. The lowest BCUT2D eigenvalue weighted by molar-refractivity contribution is 0.0635. The average molecular weight is 348 g/mol. The Morgan fingerprint density at radius 3 is 2.68 bits per heavy atom. The Morgan fingerprint density at radius 1 is 1.24 bits per heavy atom. The minimum absolute atomic E-state index is 0.171. The van der Waals surface area contributed by atoms with Crippen molar-refractivity contribution in [2.24, 2.45) is 5.92 Å². The van der Waals surface area contributed by atoms with Crippen molar-refractivity contribution in [3.63, 3.8) is 0 Å². The molecule has 0 aliphatic heterocycles. The van der Waals surface area contributed by atoms with Gasteiger partial charge < -0.3 is 14.8 Å². The molecular formula is C19H28N2O4. The summed E-state index contributed by atoms with van der Waals surface area (Å²) in [5.41, 5.74) is 0.447. The molecule has 0 unspecified atom stereocenters. The van der Waals surface area contributed by atoms with E-state index in [-0.39, 0.29) is 5.91 Å². The number of hydrogen-bond donors (Lipinski definition) is 2. The van der Waals surface area contributed by atoms with Crippen molar-refractivity contribution in [2.75, 3.05) is 25.1 Å². The van der Waals surface area contributed by atoms with Crippen LogP contribution >= 0.6 is 0 Å². The minimum atomic E-state index is -0.569. The summed E-state index contributed by atoms with van der Waals surface area (Å²) in [5.74, 6) is 0.588. The summed E-state index contributed by atoms with van der Waals surface area (Å²) in [4.78, 5) is 24.0. The normalized spacial score (nSPS) is 14.0. The highest BCUT2D eigenvalue weighted by Crippen LogP contribution is 2.28. The Morgan fingerprint density at radius 2 is 2.00 bits per heavy atom. The van der Waals surface area contributed by atoms with E-state index in [4.69, 9.17) is 9.47 Å². The van der Waals surface area contributed by atoms with Crippen molar-refractivity contribution in [3.05, 3.63) is 29.8 Å². The van der Waals surface area contributed by atoms with Gasteiger partial charge in [0.1, 0.15) is 5.60 Å². The van der Waals surface area contributed by atoms with E-state index in [9.17, 15) is 9.59 Å². The van der Waals surface area contributed by atoms with Crippen LogP contribution in [0.2, 0.25) is 0 Å². The fraction of sp³-hybridized carbons (Fsp3) is 0.579. The van der Waals surface area contributed by atoms with Gasteiger partial charge in [0, 0.05) is 31.0 Å². The lowest BCUT2D eigenvalue weighted by Crippen LogP contribution is -2.27. The van der Waals surface area contributed by atoms with Crippen molar-refractivity contribution in [3.8, 4) is 0 Å². The minimum Gasteiger partial charge on any atom is -0.444 e. The standard InChI is InChI=1S/C19H28N2O4/c1-19(2,3)25-18(23)21-16-7-4-6-15(12-16)17(22)20-10-5-11-24-13-14-8-9-14/h4,6-7,12,14H,5,8-11,13H2,1-3H3,(H,20,22)(H,21,23). The van der Waals surface area contributed by atoms with E-state index < -0.39 is 11.7 Å². The molecule has 1 aromatic rings. The molecule has 2 N–H and O–H groups in total. The van der Waals surface area contributed by atoms with Gasteiger partial charge in [-0.2, -0.15) is 0 Å². The van der Waals surface area contributed by atoms with Gasteiger partial charge >= 0.3 is 6.09 Å². The van der Waals surface area contributed by atoms with Crippen LogP contribution < -0.4 is 10.6 Å². The van der Waals surface area contributed by atoms with Gasteiger partial charge in [0.05, 0.1) is 0 Å². The summed E-state index contributed by atoms with van der Waals surface area (Å²) in [7, 11) is 0. The Bertz CT molecular complexity index is 591. The monoisotopic (exact) mass is 348 g/mol. The molecule has 6 heteroatoms. The van der Waals surface area contributed by atoms with Gasteiger partial charge in [-0.25, -0.2) is 4.79 Å². The zero-order valence-electron chi connectivity index (χ0n) is 15.3. The third-order valence-electron chi connectivity index (χ3n) is 3.57. The molecule has 0 radical (unpaired) electrons. The van der Waals surface area contributed by atoms with E-state index in [0.29, 0.717) is 24.4 Å². The first-order chi connectivity index (χ1) is 11.8. The lowest BCUT2D eigenvalue weighted by Gasteiger charge is -2.19. The number of anilines is 1. The van der Waals surface area contributed by atoms with Gasteiger partial charge in [0.25, 0.3) is 5.91 Å². The third-order valence-corrected chi connectivity index (χ3v) is 3.57. The highest BCUT2D eigenvalue weighted by atomic mass is 16.6. The summed E-state index contributed by atoms with van der Waals surface area (Å²) in [6, 6.07) is 6.77. The fourth-order valence-electron chi connectivity index (χ4n) is 2.17. The molecule has 2 amide bonds. The zero-order chi connectivity index (χ0) is 18.3. The van der Waals surface area contributed by atoms with Gasteiger partial charge in [0.2, 0.25) is 0 Å². The number of carbonyl (C=O) groups is 2. The molecule has 0 saturated heterocycles. The summed E-state index contributed by atoms with van der Waals surface area (Å²) < 4.78 is 10.7. The van der Waals surface area contributed by atoms with Gasteiger partial charge in [-0.05, 0) is 64.2 Å². The first-order valence-corrected chi connectivity index (χ1v) is 8.79. The van der Waals surface area contributed by atoms with Crippen molar-refractivity contribution in [2.45, 2.75) is 45.6 Å². The SMILES string of the molecule is CC(C)(C)OC(=O)Nc1cccc(C(=O)NCCCOCC2CC2)c1.